The molecule has 0 spiro atoms. The summed E-state index contributed by atoms with van der Waals surface area (Å²) in [6, 6.07) is 26.8. The fourth-order valence-corrected chi connectivity index (χ4v) is 5.42. The van der Waals surface area contributed by atoms with Gasteiger partial charge in [0.05, 0.1) is 5.57 Å². The molecule has 37 heavy (non-hydrogen) atoms. The van der Waals surface area contributed by atoms with E-state index in [1.807, 2.05) is 73.7 Å². The van der Waals surface area contributed by atoms with Crippen LogP contribution in [0.15, 0.2) is 107 Å². The van der Waals surface area contributed by atoms with Crippen molar-refractivity contribution in [1.29, 1.82) is 0 Å². The van der Waals surface area contributed by atoms with E-state index in [9.17, 15) is 9.59 Å². The van der Waals surface area contributed by atoms with Crippen molar-refractivity contribution in [2.45, 2.75) is 31.6 Å². The van der Waals surface area contributed by atoms with Gasteiger partial charge in [-0.05, 0) is 48.6 Å². The second kappa shape index (κ2) is 11.1. The number of esters is 1. The minimum atomic E-state index is -0.600. The molecule has 5 nitrogen and oxygen atoms in total. The zero-order chi connectivity index (χ0) is 25.8. The molecule has 188 valence electrons. The molecule has 0 fully saturated rings. The normalized spacial score (nSPS) is 19.2. The second-order valence-corrected chi connectivity index (χ2v) is 9.65. The maximum atomic E-state index is 13.7. The molecule has 1 heterocycles. The van der Waals surface area contributed by atoms with Crippen molar-refractivity contribution in [2.24, 2.45) is 0 Å². The lowest BCUT2D eigenvalue weighted by Crippen LogP contribution is -2.36. The van der Waals surface area contributed by atoms with Crippen LogP contribution in [0.1, 0.15) is 42.7 Å². The van der Waals surface area contributed by atoms with E-state index in [0.29, 0.717) is 40.5 Å². The molecule has 1 N–H and O–H groups in total. The van der Waals surface area contributed by atoms with E-state index in [1.165, 1.54) is 0 Å². The largest absolute Gasteiger partial charge is 0.490 e. The summed E-state index contributed by atoms with van der Waals surface area (Å²) >= 11 is 6.62. The van der Waals surface area contributed by atoms with Gasteiger partial charge >= 0.3 is 5.97 Å². The number of dihydropyridines is 1. The number of ketones is 1. The highest BCUT2D eigenvalue weighted by Crippen LogP contribution is 2.47. The van der Waals surface area contributed by atoms with Crippen molar-refractivity contribution in [1.82, 2.24) is 5.32 Å². The zero-order valence-electron chi connectivity index (χ0n) is 20.6. The number of para-hydroxylation sites is 1. The van der Waals surface area contributed by atoms with Gasteiger partial charge in [-0.25, -0.2) is 4.79 Å². The first-order chi connectivity index (χ1) is 18.0. The molecule has 0 saturated carbocycles. The van der Waals surface area contributed by atoms with Gasteiger partial charge in [0.2, 0.25) is 0 Å². The lowest BCUT2D eigenvalue weighted by atomic mass is 9.71. The first-order valence-corrected chi connectivity index (χ1v) is 12.8. The number of carbonyl (C=O) groups excluding carboxylic acids is 2. The van der Waals surface area contributed by atoms with Crippen molar-refractivity contribution >= 4 is 23.4 Å². The van der Waals surface area contributed by atoms with Crippen LogP contribution < -0.4 is 10.1 Å². The molecule has 3 aromatic carbocycles. The number of ether oxygens (including phenoxy) is 2. The predicted octanol–water partition coefficient (Wildman–Crippen LogP) is 6.32. The number of allylic oxidation sites excluding steroid dienone is 3. The average molecular weight is 514 g/mol. The summed E-state index contributed by atoms with van der Waals surface area (Å²) in [7, 11) is 0. The Morgan fingerprint density at radius 3 is 2.32 bits per heavy atom. The first kappa shape index (κ1) is 24.8. The van der Waals surface area contributed by atoms with Crippen molar-refractivity contribution in [3.8, 4) is 5.75 Å². The maximum Gasteiger partial charge on any atom is 0.336 e. The molecular formula is C31H28ClNO4. The van der Waals surface area contributed by atoms with E-state index in [2.05, 4.69) is 17.4 Å². The van der Waals surface area contributed by atoms with Gasteiger partial charge in [-0.15, -0.1) is 0 Å². The van der Waals surface area contributed by atoms with Crippen LogP contribution in [0.4, 0.5) is 0 Å². The number of hydrogen-bond acceptors (Lipinski definition) is 5. The van der Waals surface area contributed by atoms with Gasteiger partial charge in [0, 0.05) is 34.3 Å². The molecule has 0 bridgehead atoms. The van der Waals surface area contributed by atoms with Gasteiger partial charge in [0.25, 0.3) is 0 Å². The third-order valence-electron chi connectivity index (χ3n) is 6.86. The summed E-state index contributed by atoms with van der Waals surface area (Å²) < 4.78 is 11.3. The van der Waals surface area contributed by atoms with Gasteiger partial charge in [-0.2, -0.15) is 0 Å². The fraction of sp³-hybridized carbons (Fsp3) is 0.226. The highest BCUT2D eigenvalue weighted by atomic mass is 35.5. The molecule has 0 saturated heterocycles. The number of nitrogens with one attached hydrogen (secondary N) is 1. The number of hydrogen-bond donors (Lipinski definition) is 1. The molecule has 1 aliphatic heterocycles. The molecule has 2 aliphatic rings. The molecule has 3 aromatic rings. The molecule has 5 rings (SSSR count). The van der Waals surface area contributed by atoms with Crippen LogP contribution >= 0.6 is 11.6 Å². The van der Waals surface area contributed by atoms with Gasteiger partial charge in [-0.1, -0.05) is 78.3 Å². The van der Waals surface area contributed by atoms with E-state index < -0.39 is 11.9 Å². The van der Waals surface area contributed by atoms with Gasteiger partial charge in [0.15, 0.2) is 5.78 Å². The van der Waals surface area contributed by atoms with Crippen LogP contribution in [-0.4, -0.2) is 25.0 Å². The Balaban J connectivity index is 1.42. The number of halogens is 1. The van der Waals surface area contributed by atoms with Crippen LogP contribution in [0.2, 0.25) is 5.02 Å². The zero-order valence-corrected chi connectivity index (χ0v) is 21.3. The van der Waals surface area contributed by atoms with Crippen LogP contribution in [0.25, 0.3) is 0 Å². The van der Waals surface area contributed by atoms with Gasteiger partial charge in [-0.3, -0.25) is 4.79 Å². The molecule has 2 atom stereocenters. The Morgan fingerprint density at radius 1 is 0.919 bits per heavy atom. The first-order valence-electron chi connectivity index (χ1n) is 12.4. The SMILES string of the molecule is CC1=C(C(=O)OCCOc2ccccc2)[C@@H](c2ccccc2Cl)C2=C(C[C@@H](c3ccccc3)CC2=O)N1. The Kier molecular flexibility index (Phi) is 7.42. The minimum Gasteiger partial charge on any atom is -0.490 e. The van der Waals surface area contributed by atoms with E-state index in [0.717, 1.165) is 16.8 Å². The average Bonchev–Trinajstić information content (AvgIpc) is 2.91. The maximum absolute atomic E-state index is 13.7. The Morgan fingerprint density at radius 2 is 1.59 bits per heavy atom. The van der Waals surface area contributed by atoms with Crippen LogP contribution in [0.5, 0.6) is 5.75 Å². The highest BCUT2D eigenvalue weighted by Gasteiger charge is 2.42. The monoisotopic (exact) mass is 513 g/mol. The smallest absolute Gasteiger partial charge is 0.336 e. The number of benzene rings is 3. The number of carbonyl (C=O) groups is 2. The summed E-state index contributed by atoms with van der Waals surface area (Å²) in [6.45, 7) is 2.15. The van der Waals surface area contributed by atoms with E-state index >= 15 is 0 Å². The quantitative estimate of drug-likeness (QED) is 0.295. The fourth-order valence-electron chi connectivity index (χ4n) is 5.18. The molecular weight excluding hydrogens is 486 g/mol. The van der Waals surface area contributed by atoms with Crippen molar-refractivity contribution in [2.75, 3.05) is 13.2 Å². The molecule has 0 unspecified atom stereocenters. The third-order valence-corrected chi connectivity index (χ3v) is 7.21. The Hall–Kier alpha value is -3.83. The van der Waals surface area contributed by atoms with Gasteiger partial charge in [0.1, 0.15) is 19.0 Å². The Bertz CT molecular complexity index is 1360. The van der Waals surface area contributed by atoms with Crippen molar-refractivity contribution in [3.05, 3.63) is 124 Å². The van der Waals surface area contributed by atoms with Crippen LogP contribution in [0, 0.1) is 0 Å². The van der Waals surface area contributed by atoms with Gasteiger partial charge < -0.3 is 14.8 Å². The van der Waals surface area contributed by atoms with Crippen LogP contribution in [-0.2, 0) is 14.3 Å². The third kappa shape index (κ3) is 5.32. The summed E-state index contributed by atoms with van der Waals surface area (Å²) in [5.74, 6) is -0.299. The van der Waals surface area contributed by atoms with Crippen LogP contribution in [0.3, 0.4) is 0 Å². The van der Waals surface area contributed by atoms with E-state index in [1.54, 1.807) is 6.07 Å². The number of Topliss-reactive ketones (excluding diaryl/α,β-unsaturated/α-hetero) is 1. The molecule has 0 amide bonds. The standard InChI is InChI=1S/C31H28ClNO4/c1-20-28(31(35)37-17-16-36-23-12-6-3-7-13-23)29(24-14-8-9-15-25(24)32)30-26(33-20)18-22(19-27(30)34)21-10-4-2-5-11-21/h2-15,22,29,33H,16-19H2,1H3/t22-,29-/m1/s1. The summed E-state index contributed by atoms with van der Waals surface area (Å²) in [5, 5.41) is 3.88. The molecule has 6 heteroatoms. The van der Waals surface area contributed by atoms with Crippen molar-refractivity contribution in [3.63, 3.8) is 0 Å². The second-order valence-electron chi connectivity index (χ2n) is 9.25. The molecule has 0 aromatic heterocycles. The summed E-state index contributed by atoms with van der Waals surface area (Å²) in [4.78, 5) is 27.1. The highest BCUT2D eigenvalue weighted by molar-refractivity contribution is 6.31. The van der Waals surface area contributed by atoms with Crippen molar-refractivity contribution < 1.29 is 19.1 Å². The Labute approximate surface area is 221 Å². The molecule has 0 radical (unpaired) electrons. The lowest BCUT2D eigenvalue weighted by molar-refractivity contribution is -0.140. The molecule has 1 aliphatic carbocycles. The predicted molar refractivity (Wildman–Crippen MR) is 143 cm³/mol. The number of rotatable bonds is 7. The summed E-state index contributed by atoms with van der Waals surface area (Å²) in [6.07, 6.45) is 1.05. The summed E-state index contributed by atoms with van der Waals surface area (Å²) in [5.41, 5.74) is 4.35. The topological polar surface area (TPSA) is 64.6 Å². The van der Waals surface area contributed by atoms with E-state index in [4.69, 9.17) is 21.1 Å². The van der Waals surface area contributed by atoms with E-state index in [-0.39, 0.29) is 24.9 Å². The lowest BCUT2D eigenvalue weighted by Gasteiger charge is -2.37. The minimum absolute atomic E-state index is 0.0118.